The molecule has 7 heteroatoms. The number of benzene rings is 1. The fourth-order valence-corrected chi connectivity index (χ4v) is 1.21. The number of para-hydroxylation sites is 1. The fourth-order valence-electron chi connectivity index (χ4n) is 1.21. The summed E-state index contributed by atoms with van der Waals surface area (Å²) in [5.41, 5.74) is 5.82. The normalized spacial score (nSPS) is 10.0. The number of carbonyl (C=O) groups excluding carboxylic acids is 1. The number of hydrogen-bond acceptors (Lipinski definition) is 5. The van der Waals surface area contributed by atoms with Crippen LogP contribution in [0, 0.1) is 0 Å². The molecule has 0 aliphatic rings. The number of rotatable bonds is 4. The van der Waals surface area contributed by atoms with Crippen molar-refractivity contribution in [2.75, 3.05) is 11.9 Å². The second kappa shape index (κ2) is 4.39. The molecule has 0 aliphatic heterocycles. The Balaban J connectivity index is 2.23. The molecule has 82 valence electrons. The Labute approximate surface area is 91.3 Å². The van der Waals surface area contributed by atoms with E-state index in [0.29, 0.717) is 5.95 Å². The van der Waals surface area contributed by atoms with E-state index in [2.05, 4.69) is 20.8 Å². The minimum atomic E-state index is -0.470. The van der Waals surface area contributed by atoms with Crippen molar-refractivity contribution in [1.82, 2.24) is 20.2 Å². The highest BCUT2D eigenvalue weighted by molar-refractivity contribution is 5.78. The molecule has 1 heterocycles. The lowest BCUT2D eigenvalue weighted by atomic mass is 10.3. The number of primary amides is 1. The zero-order chi connectivity index (χ0) is 11.4. The summed E-state index contributed by atoms with van der Waals surface area (Å²) in [6.07, 6.45) is 0. The molecule has 0 aliphatic carbocycles. The van der Waals surface area contributed by atoms with E-state index in [1.807, 2.05) is 30.3 Å². The molecule has 0 fully saturated rings. The van der Waals surface area contributed by atoms with Gasteiger partial charge in [0.15, 0.2) is 0 Å². The van der Waals surface area contributed by atoms with E-state index in [1.165, 1.54) is 4.68 Å². The molecule has 1 amide bonds. The number of carbonyl (C=O) groups is 1. The lowest BCUT2D eigenvalue weighted by Crippen LogP contribution is -2.23. The molecule has 3 N–H and O–H groups in total. The first kappa shape index (κ1) is 10.1. The Hall–Kier alpha value is -2.44. The van der Waals surface area contributed by atoms with Gasteiger partial charge in [-0.15, -0.1) is 0 Å². The number of tetrazole rings is 1. The third kappa shape index (κ3) is 2.14. The topological polar surface area (TPSA) is 98.7 Å². The summed E-state index contributed by atoms with van der Waals surface area (Å²) in [7, 11) is 0. The van der Waals surface area contributed by atoms with Crippen molar-refractivity contribution in [2.24, 2.45) is 5.73 Å². The molecule has 0 unspecified atom stereocenters. The highest BCUT2D eigenvalue weighted by atomic mass is 16.1. The van der Waals surface area contributed by atoms with Crippen LogP contribution in [0.5, 0.6) is 0 Å². The molecule has 0 saturated heterocycles. The number of aromatic nitrogens is 4. The zero-order valence-corrected chi connectivity index (χ0v) is 8.37. The van der Waals surface area contributed by atoms with Crippen molar-refractivity contribution in [1.29, 1.82) is 0 Å². The Morgan fingerprint density at radius 2 is 2.12 bits per heavy atom. The van der Waals surface area contributed by atoms with Crippen LogP contribution in [0.1, 0.15) is 0 Å². The van der Waals surface area contributed by atoms with Crippen molar-refractivity contribution < 1.29 is 4.79 Å². The summed E-state index contributed by atoms with van der Waals surface area (Å²) in [6, 6.07) is 9.34. The molecule has 0 bridgehead atoms. The van der Waals surface area contributed by atoms with Crippen LogP contribution in [0.25, 0.3) is 5.69 Å². The summed E-state index contributed by atoms with van der Waals surface area (Å²) in [6.45, 7) is -0.00674. The zero-order valence-electron chi connectivity index (χ0n) is 8.37. The summed E-state index contributed by atoms with van der Waals surface area (Å²) < 4.78 is 1.49. The van der Waals surface area contributed by atoms with Crippen LogP contribution in [-0.4, -0.2) is 32.7 Å². The van der Waals surface area contributed by atoms with Gasteiger partial charge in [-0.1, -0.05) is 23.3 Å². The molecule has 2 rings (SSSR count). The van der Waals surface area contributed by atoms with E-state index in [9.17, 15) is 4.79 Å². The predicted molar refractivity (Wildman–Crippen MR) is 56.8 cm³/mol. The Bertz CT molecular complexity index is 480. The van der Waals surface area contributed by atoms with Crippen LogP contribution >= 0.6 is 0 Å². The maximum absolute atomic E-state index is 10.6. The van der Waals surface area contributed by atoms with Crippen molar-refractivity contribution in [2.45, 2.75) is 0 Å². The molecule has 0 saturated carbocycles. The lowest BCUT2D eigenvalue weighted by molar-refractivity contribution is -0.116. The second-order valence-electron chi connectivity index (χ2n) is 3.07. The average Bonchev–Trinajstić information content (AvgIpc) is 2.75. The van der Waals surface area contributed by atoms with Gasteiger partial charge in [-0.05, 0) is 22.6 Å². The van der Waals surface area contributed by atoms with Gasteiger partial charge in [0.2, 0.25) is 11.9 Å². The first-order valence-corrected chi connectivity index (χ1v) is 4.63. The van der Waals surface area contributed by atoms with Crippen molar-refractivity contribution in [3.05, 3.63) is 30.3 Å². The molecule has 0 radical (unpaired) electrons. The van der Waals surface area contributed by atoms with Crippen LogP contribution in [-0.2, 0) is 4.79 Å². The molecule has 7 nitrogen and oxygen atoms in total. The van der Waals surface area contributed by atoms with Gasteiger partial charge in [-0.2, -0.15) is 4.68 Å². The van der Waals surface area contributed by atoms with E-state index in [1.54, 1.807) is 0 Å². The molecular weight excluding hydrogens is 208 g/mol. The van der Waals surface area contributed by atoms with Gasteiger partial charge in [0.1, 0.15) is 0 Å². The molecule has 1 aromatic carbocycles. The summed E-state index contributed by atoms with van der Waals surface area (Å²) >= 11 is 0. The number of nitrogens with zero attached hydrogens (tertiary/aromatic N) is 4. The summed E-state index contributed by atoms with van der Waals surface area (Å²) in [4.78, 5) is 10.6. The Morgan fingerprint density at radius 1 is 1.38 bits per heavy atom. The average molecular weight is 218 g/mol. The quantitative estimate of drug-likeness (QED) is 0.724. The van der Waals surface area contributed by atoms with Gasteiger partial charge in [-0.3, -0.25) is 4.79 Å². The van der Waals surface area contributed by atoms with Gasteiger partial charge in [-0.25, -0.2) is 0 Å². The monoisotopic (exact) mass is 218 g/mol. The highest BCUT2D eigenvalue weighted by Crippen LogP contribution is 2.09. The number of anilines is 1. The van der Waals surface area contributed by atoms with E-state index >= 15 is 0 Å². The number of hydrogen-bond donors (Lipinski definition) is 2. The van der Waals surface area contributed by atoms with Gasteiger partial charge in [0, 0.05) is 0 Å². The van der Waals surface area contributed by atoms with E-state index in [-0.39, 0.29) is 6.54 Å². The largest absolute Gasteiger partial charge is 0.368 e. The van der Waals surface area contributed by atoms with Crippen molar-refractivity contribution in [3.8, 4) is 5.69 Å². The van der Waals surface area contributed by atoms with Gasteiger partial charge in [0.25, 0.3) is 0 Å². The van der Waals surface area contributed by atoms with Crippen LogP contribution in [0.2, 0.25) is 0 Å². The Morgan fingerprint density at radius 3 is 2.81 bits per heavy atom. The minimum Gasteiger partial charge on any atom is -0.368 e. The summed E-state index contributed by atoms with van der Waals surface area (Å²) in [5.74, 6) is -0.0902. The first-order chi connectivity index (χ1) is 7.77. The smallest absolute Gasteiger partial charge is 0.248 e. The second-order valence-corrected chi connectivity index (χ2v) is 3.07. The van der Waals surface area contributed by atoms with Crippen LogP contribution < -0.4 is 11.1 Å². The maximum Gasteiger partial charge on any atom is 0.248 e. The van der Waals surface area contributed by atoms with Gasteiger partial charge >= 0.3 is 0 Å². The van der Waals surface area contributed by atoms with Crippen LogP contribution in [0.15, 0.2) is 30.3 Å². The van der Waals surface area contributed by atoms with E-state index in [4.69, 9.17) is 5.73 Å². The molecule has 0 spiro atoms. The number of amides is 1. The third-order valence-electron chi connectivity index (χ3n) is 1.89. The molecule has 16 heavy (non-hydrogen) atoms. The lowest BCUT2D eigenvalue weighted by Gasteiger charge is -2.04. The van der Waals surface area contributed by atoms with Gasteiger partial charge in [0.05, 0.1) is 12.2 Å². The predicted octanol–water partition coefficient (Wildman–Crippen LogP) is -0.441. The molecular formula is C9H10N6O. The fraction of sp³-hybridized carbons (Fsp3) is 0.111. The van der Waals surface area contributed by atoms with Crippen molar-refractivity contribution in [3.63, 3.8) is 0 Å². The van der Waals surface area contributed by atoms with E-state index in [0.717, 1.165) is 5.69 Å². The molecule has 0 atom stereocenters. The molecule has 1 aromatic heterocycles. The number of nitrogens with two attached hydrogens (primary N) is 1. The molecule has 2 aromatic rings. The maximum atomic E-state index is 10.6. The SMILES string of the molecule is NC(=O)CNc1nnnn1-c1ccccc1. The first-order valence-electron chi connectivity index (χ1n) is 4.63. The minimum absolute atomic E-state index is 0.00674. The van der Waals surface area contributed by atoms with Crippen LogP contribution in [0.3, 0.4) is 0 Å². The third-order valence-corrected chi connectivity index (χ3v) is 1.89. The van der Waals surface area contributed by atoms with Gasteiger partial charge < -0.3 is 11.1 Å². The standard InChI is InChI=1S/C9H10N6O/c10-8(16)6-11-9-12-13-14-15(9)7-4-2-1-3-5-7/h1-5H,6H2,(H2,10,16)(H,11,12,14). The van der Waals surface area contributed by atoms with Crippen LogP contribution in [0.4, 0.5) is 5.95 Å². The Kier molecular flexibility index (Phi) is 2.77. The van der Waals surface area contributed by atoms with E-state index < -0.39 is 5.91 Å². The summed E-state index contributed by atoms with van der Waals surface area (Å²) in [5, 5.41) is 13.8. The van der Waals surface area contributed by atoms with Crippen molar-refractivity contribution >= 4 is 11.9 Å². The number of nitrogens with one attached hydrogen (secondary N) is 1. The highest BCUT2D eigenvalue weighted by Gasteiger charge is 2.07.